The minimum atomic E-state index is -2.61. The highest BCUT2D eigenvalue weighted by Gasteiger charge is 2.30. The highest BCUT2D eigenvalue weighted by atomic mass is 79.9. The Labute approximate surface area is 135 Å². The Morgan fingerprint density at radius 1 is 1.14 bits per heavy atom. The number of benzene rings is 1. The summed E-state index contributed by atoms with van der Waals surface area (Å²) in [6.07, 6.45) is -3.19. The van der Waals surface area contributed by atoms with Crippen molar-refractivity contribution in [2.75, 3.05) is 26.2 Å². The van der Waals surface area contributed by atoms with Crippen LogP contribution < -0.4 is 5.32 Å². The zero-order chi connectivity index (χ0) is 14.7. The summed E-state index contributed by atoms with van der Waals surface area (Å²) in [5.74, 6) is -1.58. The van der Waals surface area contributed by atoms with Crippen LogP contribution in [0.2, 0.25) is 0 Å². The number of hydrogen-bond acceptors (Lipinski definition) is 2. The van der Waals surface area contributed by atoms with E-state index >= 15 is 0 Å². The molecule has 120 valence electrons. The molecule has 2 rings (SSSR count). The van der Waals surface area contributed by atoms with Crippen LogP contribution in [0, 0.1) is 11.6 Å². The van der Waals surface area contributed by atoms with E-state index in [1.54, 1.807) is 4.90 Å². The topological polar surface area (TPSA) is 15.3 Å². The van der Waals surface area contributed by atoms with Gasteiger partial charge in [-0.2, -0.15) is 0 Å². The number of nitrogens with zero attached hydrogens (tertiary/aromatic N) is 1. The van der Waals surface area contributed by atoms with Crippen LogP contribution >= 0.6 is 28.3 Å². The molecular formula is C13H16BrClF4N2. The molecule has 0 spiro atoms. The van der Waals surface area contributed by atoms with Crippen LogP contribution in [-0.2, 0) is 0 Å². The smallest absolute Gasteiger partial charge is 0.240 e. The molecule has 0 aromatic heterocycles. The Bertz CT molecular complexity index is 446. The summed E-state index contributed by atoms with van der Waals surface area (Å²) in [5.41, 5.74) is -0.268. The molecule has 1 saturated heterocycles. The number of hydrogen-bond donors (Lipinski definition) is 1. The normalized spacial score (nSPS) is 17.6. The van der Waals surface area contributed by atoms with E-state index in [1.165, 1.54) is 0 Å². The van der Waals surface area contributed by atoms with Crippen LogP contribution in [0.15, 0.2) is 16.6 Å². The fourth-order valence-electron chi connectivity index (χ4n) is 2.48. The minimum Gasteiger partial charge on any atom is -0.314 e. The molecule has 0 aliphatic carbocycles. The molecule has 0 unspecified atom stereocenters. The maximum atomic E-state index is 14.0. The average molecular weight is 392 g/mol. The van der Waals surface area contributed by atoms with Gasteiger partial charge in [-0.05, 0) is 12.1 Å². The van der Waals surface area contributed by atoms with Crippen LogP contribution in [0.3, 0.4) is 0 Å². The fourth-order valence-corrected chi connectivity index (χ4v) is 2.89. The van der Waals surface area contributed by atoms with E-state index < -0.39 is 30.5 Å². The number of halogens is 6. The molecule has 0 amide bonds. The summed E-state index contributed by atoms with van der Waals surface area (Å²) in [6.45, 7) is 2.23. The zero-order valence-corrected chi connectivity index (χ0v) is 13.5. The highest BCUT2D eigenvalue weighted by Crippen LogP contribution is 2.33. The van der Waals surface area contributed by atoms with Gasteiger partial charge >= 0.3 is 0 Å². The van der Waals surface area contributed by atoms with Crippen molar-refractivity contribution in [2.24, 2.45) is 0 Å². The summed E-state index contributed by atoms with van der Waals surface area (Å²) in [4.78, 5) is 1.71. The van der Waals surface area contributed by atoms with Crippen molar-refractivity contribution >= 4 is 28.3 Å². The largest absolute Gasteiger partial charge is 0.314 e. The van der Waals surface area contributed by atoms with E-state index in [-0.39, 0.29) is 22.4 Å². The summed E-state index contributed by atoms with van der Waals surface area (Å²) in [7, 11) is 0. The maximum absolute atomic E-state index is 14.0. The summed E-state index contributed by atoms with van der Waals surface area (Å²) >= 11 is 2.99. The zero-order valence-electron chi connectivity index (χ0n) is 11.1. The fraction of sp³-hybridized carbons (Fsp3) is 0.538. The van der Waals surface area contributed by atoms with Crippen molar-refractivity contribution in [1.82, 2.24) is 10.2 Å². The Kier molecular flexibility index (Phi) is 7.39. The lowest BCUT2D eigenvalue weighted by atomic mass is 10.00. The Balaban J connectivity index is 0.00000220. The van der Waals surface area contributed by atoms with Crippen LogP contribution in [-0.4, -0.2) is 37.5 Å². The lowest BCUT2D eigenvalue weighted by Gasteiger charge is -2.35. The van der Waals surface area contributed by atoms with E-state index in [1.807, 2.05) is 0 Å². The second kappa shape index (κ2) is 8.31. The lowest BCUT2D eigenvalue weighted by Crippen LogP contribution is -2.46. The third kappa shape index (κ3) is 4.81. The van der Waals surface area contributed by atoms with Crippen LogP contribution in [0.1, 0.15) is 18.0 Å². The number of rotatable bonds is 4. The van der Waals surface area contributed by atoms with Crippen LogP contribution in [0.25, 0.3) is 0 Å². The van der Waals surface area contributed by atoms with Gasteiger partial charge in [-0.25, -0.2) is 17.6 Å². The Morgan fingerprint density at radius 3 is 2.14 bits per heavy atom. The first kappa shape index (κ1) is 18.7. The van der Waals surface area contributed by atoms with Crippen molar-refractivity contribution in [2.45, 2.75) is 18.9 Å². The van der Waals surface area contributed by atoms with E-state index in [4.69, 9.17) is 0 Å². The summed E-state index contributed by atoms with van der Waals surface area (Å²) < 4.78 is 53.8. The molecule has 1 aromatic carbocycles. The predicted molar refractivity (Wildman–Crippen MR) is 79.1 cm³/mol. The Morgan fingerprint density at radius 2 is 1.67 bits per heavy atom. The molecule has 1 atom stereocenters. The van der Waals surface area contributed by atoms with Gasteiger partial charge in [-0.3, -0.25) is 4.90 Å². The van der Waals surface area contributed by atoms with Gasteiger partial charge in [-0.15, -0.1) is 12.4 Å². The van der Waals surface area contributed by atoms with Crippen LogP contribution in [0.4, 0.5) is 17.6 Å². The molecule has 0 radical (unpaired) electrons. The minimum absolute atomic E-state index is 0. The standard InChI is InChI=1S/C13H15BrF4N2.ClH/c14-8-5-9(15)13(10(16)6-8)11(7-12(17)18)20-3-1-19-2-4-20;/h5-6,11-12,19H,1-4,7H2;1H/t11-;/m0./s1. The monoisotopic (exact) mass is 390 g/mol. The molecule has 1 aromatic rings. The molecule has 1 heterocycles. The second-order valence-corrected chi connectivity index (χ2v) is 5.63. The summed E-state index contributed by atoms with van der Waals surface area (Å²) in [5, 5.41) is 3.09. The molecule has 2 nitrogen and oxygen atoms in total. The van der Waals surface area contributed by atoms with Gasteiger partial charge in [0, 0.05) is 48.7 Å². The highest BCUT2D eigenvalue weighted by molar-refractivity contribution is 9.10. The number of nitrogens with one attached hydrogen (secondary N) is 1. The van der Waals surface area contributed by atoms with E-state index in [0.717, 1.165) is 12.1 Å². The average Bonchev–Trinajstić information content (AvgIpc) is 2.37. The molecule has 21 heavy (non-hydrogen) atoms. The van der Waals surface area contributed by atoms with Gasteiger partial charge in [0.15, 0.2) is 0 Å². The third-order valence-electron chi connectivity index (χ3n) is 3.37. The van der Waals surface area contributed by atoms with Crippen molar-refractivity contribution < 1.29 is 17.6 Å². The molecule has 1 N–H and O–H groups in total. The first-order valence-electron chi connectivity index (χ1n) is 6.36. The van der Waals surface area contributed by atoms with Gasteiger partial charge in [-0.1, -0.05) is 15.9 Å². The molecule has 0 saturated carbocycles. The molecular weight excluding hydrogens is 376 g/mol. The van der Waals surface area contributed by atoms with Gasteiger partial charge in [0.05, 0.1) is 0 Å². The van der Waals surface area contributed by atoms with Crippen molar-refractivity contribution in [1.29, 1.82) is 0 Å². The predicted octanol–water partition coefficient (Wildman–Crippen LogP) is 3.75. The third-order valence-corrected chi connectivity index (χ3v) is 3.83. The van der Waals surface area contributed by atoms with Gasteiger partial charge in [0.1, 0.15) is 11.6 Å². The lowest BCUT2D eigenvalue weighted by molar-refractivity contribution is 0.0710. The van der Waals surface area contributed by atoms with E-state index in [0.29, 0.717) is 26.2 Å². The first-order chi connectivity index (χ1) is 9.49. The maximum Gasteiger partial charge on any atom is 0.240 e. The first-order valence-corrected chi connectivity index (χ1v) is 7.15. The van der Waals surface area contributed by atoms with E-state index in [9.17, 15) is 17.6 Å². The molecule has 8 heteroatoms. The van der Waals surface area contributed by atoms with Gasteiger partial charge in [0.25, 0.3) is 0 Å². The van der Waals surface area contributed by atoms with Gasteiger partial charge in [0.2, 0.25) is 6.43 Å². The van der Waals surface area contributed by atoms with Crippen LogP contribution in [0.5, 0.6) is 0 Å². The molecule has 0 bridgehead atoms. The summed E-state index contributed by atoms with van der Waals surface area (Å²) in [6, 6.07) is 1.28. The van der Waals surface area contributed by atoms with Gasteiger partial charge < -0.3 is 5.32 Å². The molecule has 1 fully saturated rings. The molecule has 1 aliphatic rings. The van der Waals surface area contributed by atoms with Crippen molar-refractivity contribution in [3.63, 3.8) is 0 Å². The van der Waals surface area contributed by atoms with Crippen molar-refractivity contribution in [3.8, 4) is 0 Å². The molecule has 1 aliphatic heterocycles. The number of alkyl halides is 2. The SMILES string of the molecule is Cl.Fc1cc(Br)cc(F)c1[C@H](CC(F)F)N1CCNCC1. The Hall–Kier alpha value is -0.370. The quantitative estimate of drug-likeness (QED) is 0.787. The van der Waals surface area contributed by atoms with Crippen molar-refractivity contribution in [3.05, 3.63) is 33.8 Å². The van der Waals surface area contributed by atoms with E-state index in [2.05, 4.69) is 21.2 Å². The number of piperazine rings is 1. The second-order valence-electron chi connectivity index (χ2n) is 4.71.